The lowest BCUT2D eigenvalue weighted by molar-refractivity contribution is -0.128. The van der Waals surface area contributed by atoms with Crippen molar-refractivity contribution in [3.05, 3.63) is 29.3 Å². The zero-order valence-corrected chi connectivity index (χ0v) is 15.1. The monoisotopic (exact) mass is 352 g/mol. The Morgan fingerprint density at radius 3 is 2.29 bits per heavy atom. The van der Waals surface area contributed by atoms with Gasteiger partial charge in [0.25, 0.3) is 15.9 Å². The minimum absolute atomic E-state index is 0.0242. The lowest BCUT2D eigenvalue weighted by Gasteiger charge is -2.23. The lowest BCUT2D eigenvalue weighted by atomic mass is 9.97. The molecular formula is C17H24N2O4S. The smallest absolute Gasteiger partial charge is 0.264 e. The van der Waals surface area contributed by atoms with E-state index in [1.54, 1.807) is 6.07 Å². The third-order valence-electron chi connectivity index (χ3n) is 4.54. The molecule has 1 atom stereocenters. The van der Waals surface area contributed by atoms with Crippen LogP contribution in [0.1, 0.15) is 43.7 Å². The molecule has 0 saturated heterocycles. The van der Waals surface area contributed by atoms with Crippen LogP contribution in [0, 0.1) is 19.8 Å². The Labute approximate surface area is 143 Å². The second-order valence-corrected chi connectivity index (χ2v) is 8.12. The van der Waals surface area contributed by atoms with Crippen LogP contribution < -0.4 is 10.0 Å². The molecule has 1 aliphatic carbocycles. The molecule has 1 aromatic rings. The van der Waals surface area contributed by atoms with Gasteiger partial charge in [0.15, 0.2) is 0 Å². The predicted molar refractivity (Wildman–Crippen MR) is 90.8 cm³/mol. The first-order valence-electron chi connectivity index (χ1n) is 8.12. The first-order chi connectivity index (χ1) is 11.2. The van der Waals surface area contributed by atoms with Crippen molar-refractivity contribution in [2.45, 2.75) is 57.4 Å². The maximum absolute atomic E-state index is 12.5. The van der Waals surface area contributed by atoms with Crippen LogP contribution in [-0.4, -0.2) is 26.3 Å². The molecule has 132 valence electrons. The van der Waals surface area contributed by atoms with Gasteiger partial charge in [-0.3, -0.25) is 9.59 Å². The number of carbonyl (C=O) groups excluding carboxylic acids is 2. The number of amides is 2. The summed E-state index contributed by atoms with van der Waals surface area (Å²) in [6, 6.07) is 3.90. The maximum Gasteiger partial charge on any atom is 0.264 e. The molecule has 2 N–H and O–H groups in total. The zero-order chi connectivity index (χ0) is 17.9. The van der Waals surface area contributed by atoms with Crippen LogP contribution in [0.4, 0.5) is 0 Å². The van der Waals surface area contributed by atoms with E-state index in [0.29, 0.717) is 0 Å². The van der Waals surface area contributed by atoms with E-state index < -0.39 is 22.0 Å². The third-order valence-corrected chi connectivity index (χ3v) is 5.88. The molecular weight excluding hydrogens is 328 g/mol. The number of nitrogens with one attached hydrogen (secondary N) is 2. The van der Waals surface area contributed by atoms with Crippen LogP contribution in [0.2, 0.25) is 0 Å². The number of hydrogen-bond donors (Lipinski definition) is 2. The largest absolute Gasteiger partial charge is 0.344 e. The summed E-state index contributed by atoms with van der Waals surface area (Å²) >= 11 is 0. The van der Waals surface area contributed by atoms with Gasteiger partial charge in [0.2, 0.25) is 5.91 Å². The van der Waals surface area contributed by atoms with Gasteiger partial charge in [0.05, 0.1) is 4.90 Å². The SMILES string of the molecule is CC(=O)N[C@H](C(=O)NS(=O)(=O)c1ccc(C)c(C)c1)C1CCCC1. The van der Waals surface area contributed by atoms with Gasteiger partial charge in [-0.15, -0.1) is 0 Å². The highest BCUT2D eigenvalue weighted by Crippen LogP contribution is 2.28. The fourth-order valence-corrected chi connectivity index (χ4v) is 4.13. The van der Waals surface area contributed by atoms with Crippen molar-refractivity contribution in [3.63, 3.8) is 0 Å². The Bertz CT molecular complexity index is 737. The van der Waals surface area contributed by atoms with Crippen molar-refractivity contribution in [1.29, 1.82) is 0 Å². The van der Waals surface area contributed by atoms with Gasteiger partial charge in [-0.2, -0.15) is 0 Å². The Kier molecular flexibility index (Phi) is 5.64. The molecule has 0 unspecified atom stereocenters. The van der Waals surface area contributed by atoms with Crippen molar-refractivity contribution in [2.75, 3.05) is 0 Å². The Morgan fingerprint density at radius 1 is 1.12 bits per heavy atom. The standard InChI is InChI=1S/C17H24N2O4S/c1-11-8-9-15(10-12(11)2)24(22,23)19-17(21)16(18-13(3)20)14-6-4-5-7-14/h8-10,14,16H,4-7H2,1-3H3,(H,18,20)(H,19,21)/t16-/m0/s1. The summed E-state index contributed by atoms with van der Waals surface area (Å²) < 4.78 is 27.1. The van der Waals surface area contributed by atoms with E-state index in [0.717, 1.165) is 36.8 Å². The van der Waals surface area contributed by atoms with Crippen LogP contribution in [0.15, 0.2) is 23.1 Å². The van der Waals surface area contributed by atoms with Gasteiger partial charge in [-0.25, -0.2) is 13.1 Å². The van der Waals surface area contributed by atoms with Gasteiger partial charge >= 0.3 is 0 Å². The van der Waals surface area contributed by atoms with Gasteiger partial charge in [-0.1, -0.05) is 18.9 Å². The fraction of sp³-hybridized carbons (Fsp3) is 0.529. The summed E-state index contributed by atoms with van der Waals surface area (Å²) in [6.07, 6.45) is 3.58. The highest BCUT2D eigenvalue weighted by molar-refractivity contribution is 7.90. The molecule has 1 fully saturated rings. The van der Waals surface area contributed by atoms with Crippen molar-refractivity contribution >= 4 is 21.8 Å². The van der Waals surface area contributed by atoms with Gasteiger partial charge < -0.3 is 5.32 Å². The minimum Gasteiger partial charge on any atom is -0.344 e. The highest BCUT2D eigenvalue weighted by atomic mass is 32.2. The molecule has 1 saturated carbocycles. The summed E-state index contributed by atoms with van der Waals surface area (Å²) in [5.74, 6) is -1.04. The number of hydrogen-bond acceptors (Lipinski definition) is 4. The lowest BCUT2D eigenvalue weighted by Crippen LogP contribution is -2.51. The third kappa shape index (κ3) is 4.35. The van der Waals surface area contributed by atoms with E-state index in [2.05, 4.69) is 10.0 Å². The zero-order valence-electron chi connectivity index (χ0n) is 14.3. The molecule has 0 aliphatic heterocycles. The molecule has 0 spiro atoms. The average Bonchev–Trinajstić information content (AvgIpc) is 3.00. The van der Waals surface area contributed by atoms with Crippen molar-refractivity contribution in [2.24, 2.45) is 5.92 Å². The molecule has 0 radical (unpaired) electrons. The van der Waals surface area contributed by atoms with Crippen LogP contribution in [0.5, 0.6) is 0 Å². The molecule has 24 heavy (non-hydrogen) atoms. The predicted octanol–water partition coefficient (Wildman–Crippen LogP) is 1.80. The Balaban J connectivity index is 2.20. The second kappa shape index (κ2) is 7.34. The molecule has 2 amide bonds. The maximum atomic E-state index is 12.5. The van der Waals surface area contributed by atoms with E-state index in [9.17, 15) is 18.0 Å². The molecule has 0 bridgehead atoms. The van der Waals surface area contributed by atoms with Crippen molar-refractivity contribution in [3.8, 4) is 0 Å². The molecule has 2 rings (SSSR count). The Hall–Kier alpha value is -1.89. The molecule has 1 aromatic carbocycles. The molecule has 0 heterocycles. The number of carbonyl (C=O) groups is 2. The van der Waals surface area contributed by atoms with Crippen molar-refractivity contribution < 1.29 is 18.0 Å². The van der Waals surface area contributed by atoms with Gasteiger partial charge in [-0.05, 0) is 55.9 Å². The first kappa shape index (κ1) is 18.4. The van der Waals surface area contributed by atoms with E-state index in [1.165, 1.54) is 19.1 Å². The average molecular weight is 352 g/mol. The van der Waals surface area contributed by atoms with Crippen LogP contribution >= 0.6 is 0 Å². The second-order valence-electron chi connectivity index (χ2n) is 6.44. The summed E-state index contributed by atoms with van der Waals surface area (Å²) in [6.45, 7) is 5.03. The first-order valence-corrected chi connectivity index (χ1v) is 9.60. The van der Waals surface area contributed by atoms with Crippen LogP contribution in [0.3, 0.4) is 0 Å². The summed E-state index contributed by atoms with van der Waals surface area (Å²) in [5.41, 5.74) is 1.81. The summed E-state index contributed by atoms with van der Waals surface area (Å²) in [7, 11) is -3.96. The minimum atomic E-state index is -3.96. The normalized spacial score (nSPS) is 16.6. The summed E-state index contributed by atoms with van der Waals surface area (Å²) in [4.78, 5) is 23.9. The van der Waals surface area contributed by atoms with Crippen LogP contribution in [0.25, 0.3) is 0 Å². The van der Waals surface area contributed by atoms with E-state index >= 15 is 0 Å². The fourth-order valence-electron chi connectivity index (χ4n) is 3.04. The van der Waals surface area contributed by atoms with Gasteiger partial charge in [0.1, 0.15) is 6.04 Å². The number of rotatable bonds is 5. The van der Waals surface area contributed by atoms with Gasteiger partial charge in [0, 0.05) is 6.92 Å². The summed E-state index contributed by atoms with van der Waals surface area (Å²) in [5, 5.41) is 2.60. The molecule has 6 nitrogen and oxygen atoms in total. The van der Waals surface area contributed by atoms with E-state index in [4.69, 9.17) is 0 Å². The van der Waals surface area contributed by atoms with E-state index in [1.807, 2.05) is 13.8 Å². The molecule has 1 aliphatic rings. The topological polar surface area (TPSA) is 92.3 Å². The number of benzene rings is 1. The molecule has 7 heteroatoms. The van der Waals surface area contributed by atoms with E-state index in [-0.39, 0.29) is 16.7 Å². The highest BCUT2D eigenvalue weighted by Gasteiger charge is 2.33. The Morgan fingerprint density at radius 2 is 1.75 bits per heavy atom. The van der Waals surface area contributed by atoms with Crippen molar-refractivity contribution in [1.82, 2.24) is 10.0 Å². The molecule has 0 aromatic heterocycles. The number of aryl methyl sites for hydroxylation is 2. The number of sulfonamides is 1. The van der Waals surface area contributed by atoms with Crippen LogP contribution in [-0.2, 0) is 19.6 Å². The quantitative estimate of drug-likeness (QED) is 0.845.